The monoisotopic (exact) mass is 366 g/mol. The highest BCUT2D eigenvalue weighted by Crippen LogP contribution is 2.51. The fraction of sp³-hybridized carbons (Fsp3) is 0.368. The van der Waals surface area contributed by atoms with Crippen molar-refractivity contribution in [3.8, 4) is 11.8 Å². The Labute approximate surface area is 155 Å². The van der Waals surface area contributed by atoms with E-state index in [0.29, 0.717) is 18.0 Å². The number of carbonyl (C=O) groups is 2. The van der Waals surface area contributed by atoms with Gasteiger partial charge in [0.2, 0.25) is 0 Å². The van der Waals surface area contributed by atoms with Gasteiger partial charge in [-0.15, -0.1) is 0 Å². The van der Waals surface area contributed by atoms with Crippen LogP contribution in [0, 0.1) is 0 Å². The molecule has 0 unspecified atom stereocenters. The zero-order valence-corrected chi connectivity index (χ0v) is 14.8. The molecule has 27 heavy (non-hydrogen) atoms. The molecule has 3 amide bonds. The van der Waals surface area contributed by atoms with Crippen molar-refractivity contribution in [3.05, 3.63) is 41.7 Å². The molecule has 1 spiro atoms. The molecular formula is C19H18N4O4. The lowest BCUT2D eigenvalue weighted by atomic mass is 9.75. The Bertz CT molecular complexity index is 939. The molecule has 3 heterocycles. The maximum Gasteiger partial charge on any atom is 0.329 e. The van der Waals surface area contributed by atoms with Crippen LogP contribution in [0.25, 0.3) is 0 Å². The highest BCUT2D eigenvalue weighted by Gasteiger charge is 2.45. The number of benzene rings is 1. The summed E-state index contributed by atoms with van der Waals surface area (Å²) in [6, 6.07) is 5.00. The molecule has 0 bridgehead atoms. The molecular weight excluding hydrogens is 348 g/mol. The molecule has 1 aromatic heterocycles. The molecule has 2 aromatic rings. The third-order valence-electron chi connectivity index (χ3n) is 5.45. The fourth-order valence-electron chi connectivity index (χ4n) is 3.81. The molecule has 138 valence electrons. The van der Waals surface area contributed by atoms with Crippen molar-refractivity contribution in [2.24, 2.45) is 0 Å². The molecule has 3 aliphatic rings. The second-order valence-electron chi connectivity index (χ2n) is 7.13. The molecule has 1 N–H and O–H groups in total. The summed E-state index contributed by atoms with van der Waals surface area (Å²) in [7, 11) is 0. The highest BCUT2D eigenvalue weighted by molar-refractivity contribution is 6.21. The minimum absolute atomic E-state index is 0.139. The molecule has 5 rings (SSSR count). The lowest BCUT2D eigenvalue weighted by Gasteiger charge is -2.38. The summed E-state index contributed by atoms with van der Waals surface area (Å²) < 4.78 is 11.8. The largest absolute Gasteiger partial charge is 0.424 e. The van der Waals surface area contributed by atoms with E-state index in [1.807, 2.05) is 18.2 Å². The molecule has 2 fully saturated rings. The SMILES string of the molecule is C[C@@H]1NC(=O)N(c2cnc(Oc3ccc4c(c3)C3(CCC3)OC4)nc2)C1=O. The summed E-state index contributed by atoms with van der Waals surface area (Å²) in [5.41, 5.74) is 2.56. The first-order valence-electron chi connectivity index (χ1n) is 8.97. The summed E-state index contributed by atoms with van der Waals surface area (Å²) in [4.78, 5) is 33.2. The van der Waals surface area contributed by atoms with E-state index in [9.17, 15) is 9.59 Å². The van der Waals surface area contributed by atoms with Gasteiger partial charge < -0.3 is 14.8 Å². The first-order chi connectivity index (χ1) is 13.1. The van der Waals surface area contributed by atoms with Crippen LogP contribution in [0.5, 0.6) is 11.8 Å². The third kappa shape index (κ3) is 2.48. The van der Waals surface area contributed by atoms with Crippen molar-refractivity contribution in [2.75, 3.05) is 4.90 Å². The number of fused-ring (bicyclic) bond motifs is 2. The van der Waals surface area contributed by atoms with Crippen LogP contribution < -0.4 is 15.0 Å². The Hall–Kier alpha value is -3.00. The average Bonchev–Trinajstić information content (AvgIpc) is 3.13. The van der Waals surface area contributed by atoms with Gasteiger partial charge in [-0.05, 0) is 49.4 Å². The molecule has 2 aliphatic heterocycles. The predicted octanol–water partition coefficient (Wildman–Crippen LogP) is 2.62. The van der Waals surface area contributed by atoms with Gasteiger partial charge in [0, 0.05) is 0 Å². The van der Waals surface area contributed by atoms with Gasteiger partial charge in [-0.1, -0.05) is 6.07 Å². The third-order valence-corrected chi connectivity index (χ3v) is 5.45. The van der Waals surface area contributed by atoms with Gasteiger partial charge in [-0.25, -0.2) is 19.7 Å². The van der Waals surface area contributed by atoms with Crippen molar-refractivity contribution in [1.82, 2.24) is 15.3 Å². The number of urea groups is 1. The van der Waals surface area contributed by atoms with Gasteiger partial charge in [0.25, 0.3) is 5.91 Å². The lowest BCUT2D eigenvalue weighted by molar-refractivity contribution is -0.117. The average molecular weight is 366 g/mol. The normalized spacial score (nSPS) is 22.6. The predicted molar refractivity (Wildman–Crippen MR) is 94.3 cm³/mol. The van der Waals surface area contributed by atoms with Crippen molar-refractivity contribution >= 4 is 17.6 Å². The Morgan fingerprint density at radius 2 is 2.04 bits per heavy atom. The number of anilines is 1. The van der Waals surface area contributed by atoms with Gasteiger partial charge in [-0.2, -0.15) is 0 Å². The second-order valence-corrected chi connectivity index (χ2v) is 7.13. The van der Waals surface area contributed by atoms with Crippen molar-refractivity contribution < 1.29 is 19.1 Å². The van der Waals surface area contributed by atoms with Crippen LogP contribution in [0.15, 0.2) is 30.6 Å². The van der Waals surface area contributed by atoms with Gasteiger partial charge >= 0.3 is 12.0 Å². The standard InChI is InChI=1S/C19H18N4O4/c1-11-16(24)23(18(25)22-11)13-8-20-17(21-9-13)27-14-4-3-12-10-26-19(5-2-6-19)15(12)7-14/h3-4,7-9,11H,2,5-6,10H2,1H3,(H,22,25)/t11-/m0/s1. The van der Waals surface area contributed by atoms with Crippen molar-refractivity contribution in [2.45, 2.75) is 44.4 Å². The maximum atomic E-state index is 12.0. The first kappa shape index (κ1) is 16.2. The Morgan fingerprint density at radius 3 is 2.67 bits per heavy atom. The number of hydrogen-bond donors (Lipinski definition) is 1. The molecule has 8 nitrogen and oxygen atoms in total. The summed E-state index contributed by atoms with van der Waals surface area (Å²) in [6.07, 6.45) is 6.07. The van der Waals surface area contributed by atoms with E-state index in [1.165, 1.54) is 29.9 Å². The van der Waals surface area contributed by atoms with Gasteiger partial charge in [0.1, 0.15) is 11.8 Å². The molecule has 8 heteroatoms. The van der Waals surface area contributed by atoms with Crippen LogP contribution in [0.3, 0.4) is 0 Å². The van der Waals surface area contributed by atoms with E-state index in [1.54, 1.807) is 6.92 Å². The number of imide groups is 1. The number of hydrogen-bond acceptors (Lipinski definition) is 6. The van der Waals surface area contributed by atoms with E-state index in [0.717, 1.165) is 17.7 Å². The molecule has 1 atom stereocenters. The number of carbonyl (C=O) groups excluding carboxylic acids is 2. The quantitative estimate of drug-likeness (QED) is 0.840. The number of nitrogens with one attached hydrogen (secondary N) is 1. The first-order valence-corrected chi connectivity index (χ1v) is 8.97. The number of nitrogens with zero attached hydrogens (tertiary/aromatic N) is 3. The number of ether oxygens (including phenoxy) is 2. The molecule has 1 saturated carbocycles. The Kier molecular flexibility index (Phi) is 3.45. The van der Waals surface area contributed by atoms with Crippen molar-refractivity contribution in [1.29, 1.82) is 0 Å². The van der Waals surface area contributed by atoms with E-state index < -0.39 is 12.1 Å². The zero-order chi connectivity index (χ0) is 18.6. The second kappa shape index (κ2) is 5.75. The lowest BCUT2D eigenvalue weighted by Crippen LogP contribution is -2.33. The number of amides is 3. The highest BCUT2D eigenvalue weighted by atomic mass is 16.5. The van der Waals surface area contributed by atoms with Gasteiger partial charge in [0.05, 0.1) is 30.3 Å². The van der Waals surface area contributed by atoms with Gasteiger partial charge in [0.15, 0.2) is 0 Å². The van der Waals surface area contributed by atoms with Crippen molar-refractivity contribution in [3.63, 3.8) is 0 Å². The van der Waals surface area contributed by atoms with E-state index in [2.05, 4.69) is 15.3 Å². The molecule has 1 aromatic carbocycles. The zero-order valence-electron chi connectivity index (χ0n) is 14.8. The Balaban J connectivity index is 1.36. The Morgan fingerprint density at radius 1 is 1.26 bits per heavy atom. The summed E-state index contributed by atoms with van der Waals surface area (Å²) in [5, 5.41) is 2.55. The van der Waals surface area contributed by atoms with E-state index >= 15 is 0 Å². The van der Waals surface area contributed by atoms with Crippen LogP contribution >= 0.6 is 0 Å². The van der Waals surface area contributed by atoms with Crippen LogP contribution in [0.2, 0.25) is 0 Å². The molecule has 1 saturated heterocycles. The summed E-state index contributed by atoms with van der Waals surface area (Å²) >= 11 is 0. The number of aromatic nitrogens is 2. The summed E-state index contributed by atoms with van der Waals surface area (Å²) in [6.45, 7) is 2.27. The topological polar surface area (TPSA) is 93.7 Å². The van der Waals surface area contributed by atoms with Crippen LogP contribution in [0.1, 0.15) is 37.3 Å². The van der Waals surface area contributed by atoms with E-state index in [4.69, 9.17) is 9.47 Å². The van der Waals surface area contributed by atoms with Gasteiger partial charge in [-0.3, -0.25) is 4.79 Å². The molecule has 0 radical (unpaired) electrons. The molecule has 1 aliphatic carbocycles. The smallest absolute Gasteiger partial charge is 0.329 e. The summed E-state index contributed by atoms with van der Waals surface area (Å²) in [5.74, 6) is 0.309. The van der Waals surface area contributed by atoms with Crippen LogP contribution in [-0.4, -0.2) is 27.9 Å². The maximum absolute atomic E-state index is 12.0. The fourth-order valence-corrected chi connectivity index (χ4v) is 3.81. The van der Waals surface area contributed by atoms with Crippen LogP contribution in [0.4, 0.5) is 10.5 Å². The van der Waals surface area contributed by atoms with E-state index in [-0.39, 0.29) is 17.5 Å². The number of rotatable bonds is 3. The van der Waals surface area contributed by atoms with Crippen LogP contribution in [-0.2, 0) is 21.7 Å². The minimum atomic E-state index is -0.555. The minimum Gasteiger partial charge on any atom is -0.424 e.